The minimum Gasteiger partial charge on any atom is -0.351 e. The molecule has 0 saturated carbocycles. The number of alkyl halides is 3. The Morgan fingerprint density at radius 1 is 1.57 bits per heavy atom. The van der Waals surface area contributed by atoms with Gasteiger partial charge in [-0.05, 0) is 0 Å². The van der Waals surface area contributed by atoms with Crippen LogP contribution in [-0.2, 0) is 11.5 Å². The van der Waals surface area contributed by atoms with E-state index in [1.54, 1.807) is 0 Å². The zero-order valence-electron chi connectivity index (χ0n) is 6.99. The number of hydrogen-bond donors (Lipinski definition) is 0. The van der Waals surface area contributed by atoms with Crippen molar-refractivity contribution < 1.29 is 22.7 Å². The molecular formula is C7H7F3N2O2. The number of rotatable bonds is 4. The molecule has 4 nitrogen and oxygen atoms in total. The summed E-state index contributed by atoms with van der Waals surface area (Å²) in [6, 6.07) is 0. The van der Waals surface area contributed by atoms with E-state index in [2.05, 4.69) is 9.72 Å². The van der Waals surface area contributed by atoms with Gasteiger partial charge in [-0.1, -0.05) is 0 Å². The smallest absolute Gasteiger partial charge is 0.351 e. The van der Waals surface area contributed by atoms with Crippen molar-refractivity contribution in [2.75, 3.05) is 6.61 Å². The van der Waals surface area contributed by atoms with Crippen LogP contribution in [-0.4, -0.2) is 28.6 Å². The molecule has 0 unspecified atom stereocenters. The highest BCUT2D eigenvalue weighted by molar-refractivity contribution is 5.70. The molecule has 1 heterocycles. The summed E-state index contributed by atoms with van der Waals surface area (Å²) in [4.78, 5) is 13.7. The Kier molecular flexibility index (Phi) is 3.23. The number of carbonyl (C=O) groups excluding carboxylic acids is 1. The summed E-state index contributed by atoms with van der Waals surface area (Å²) < 4.78 is 40.4. The molecule has 0 fully saturated rings. The van der Waals surface area contributed by atoms with Gasteiger partial charge in [0.2, 0.25) is 0 Å². The van der Waals surface area contributed by atoms with Crippen LogP contribution in [0.5, 0.6) is 0 Å². The normalized spacial score (nSPS) is 11.6. The first kappa shape index (κ1) is 10.7. The first-order chi connectivity index (χ1) is 6.51. The Hall–Kier alpha value is -1.37. The van der Waals surface area contributed by atoms with Crippen molar-refractivity contribution in [1.82, 2.24) is 9.55 Å². The summed E-state index contributed by atoms with van der Waals surface area (Å²) in [6.45, 7) is -1.60. The van der Waals surface area contributed by atoms with Gasteiger partial charge < -0.3 is 9.30 Å². The molecule has 0 aliphatic rings. The van der Waals surface area contributed by atoms with Crippen LogP contribution in [0.1, 0.15) is 10.5 Å². The molecule has 1 aromatic heterocycles. The number of imidazole rings is 1. The van der Waals surface area contributed by atoms with Crippen LogP contribution in [0, 0.1) is 0 Å². The van der Waals surface area contributed by atoms with E-state index >= 15 is 0 Å². The molecule has 0 N–H and O–H groups in total. The average molecular weight is 208 g/mol. The molecule has 1 rings (SSSR count). The zero-order chi connectivity index (χ0) is 10.6. The standard InChI is InChI=1S/C7H7F3N2O2/c8-7(9,10)3-14-5-12-1-6(2-13)11-4-12/h1-2,4H,3,5H2. The molecule has 1 aromatic rings. The Labute approximate surface area is 77.3 Å². The van der Waals surface area contributed by atoms with Gasteiger partial charge in [0.05, 0.1) is 6.33 Å². The summed E-state index contributed by atoms with van der Waals surface area (Å²) in [6.07, 6.45) is -1.32. The maximum atomic E-state index is 11.6. The fourth-order valence-corrected chi connectivity index (χ4v) is 0.776. The van der Waals surface area contributed by atoms with Crippen molar-refractivity contribution in [3.63, 3.8) is 0 Å². The van der Waals surface area contributed by atoms with Gasteiger partial charge in [0.25, 0.3) is 0 Å². The quantitative estimate of drug-likeness (QED) is 0.699. The van der Waals surface area contributed by atoms with Gasteiger partial charge in [-0.2, -0.15) is 13.2 Å². The summed E-state index contributed by atoms with van der Waals surface area (Å²) in [7, 11) is 0. The van der Waals surface area contributed by atoms with Gasteiger partial charge in [-0.25, -0.2) is 4.98 Å². The monoisotopic (exact) mass is 208 g/mol. The Morgan fingerprint density at radius 2 is 2.29 bits per heavy atom. The molecule has 0 aromatic carbocycles. The molecule has 0 radical (unpaired) electrons. The zero-order valence-corrected chi connectivity index (χ0v) is 6.99. The lowest BCUT2D eigenvalue weighted by Crippen LogP contribution is -2.18. The SMILES string of the molecule is O=Cc1cn(COCC(F)(F)F)cn1. The Balaban J connectivity index is 2.35. The van der Waals surface area contributed by atoms with Crippen molar-refractivity contribution in [3.05, 3.63) is 18.2 Å². The summed E-state index contributed by atoms with van der Waals surface area (Å²) in [5, 5.41) is 0. The first-order valence-electron chi connectivity index (χ1n) is 3.63. The van der Waals surface area contributed by atoms with E-state index in [4.69, 9.17) is 0 Å². The lowest BCUT2D eigenvalue weighted by Gasteiger charge is -2.07. The van der Waals surface area contributed by atoms with Crippen molar-refractivity contribution in [2.45, 2.75) is 12.9 Å². The molecule has 78 valence electrons. The van der Waals surface area contributed by atoms with E-state index in [1.807, 2.05) is 0 Å². The third-order valence-electron chi connectivity index (χ3n) is 1.28. The van der Waals surface area contributed by atoms with E-state index in [0.29, 0.717) is 6.29 Å². The average Bonchev–Trinajstić information content (AvgIpc) is 2.50. The van der Waals surface area contributed by atoms with Crippen LogP contribution < -0.4 is 0 Å². The number of hydrogen-bond acceptors (Lipinski definition) is 3. The van der Waals surface area contributed by atoms with Crippen LogP contribution in [0.4, 0.5) is 13.2 Å². The number of halogens is 3. The lowest BCUT2D eigenvalue weighted by molar-refractivity contribution is -0.181. The number of aromatic nitrogens is 2. The minimum atomic E-state index is -4.34. The third-order valence-corrected chi connectivity index (χ3v) is 1.28. The topological polar surface area (TPSA) is 44.1 Å². The van der Waals surface area contributed by atoms with E-state index in [-0.39, 0.29) is 12.4 Å². The Morgan fingerprint density at radius 3 is 2.79 bits per heavy atom. The Bertz CT molecular complexity index is 308. The number of ether oxygens (including phenoxy) is 1. The first-order valence-corrected chi connectivity index (χ1v) is 3.63. The summed E-state index contributed by atoms with van der Waals surface area (Å²) in [5.74, 6) is 0. The minimum absolute atomic E-state index is 0.153. The summed E-state index contributed by atoms with van der Waals surface area (Å²) >= 11 is 0. The second-order valence-electron chi connectivity index (χ2n) is 2.52. The largest absolute Gasteiger partial charge is 0.411 e. The fourth-order valence-electron chi connectivity index (χ4n) is 0.776. The highest BCUT2D eigenvalue weighted by Crippen LogP contribution is 2.14. The van der Waals surface area contributed by atoms with Gasteiger partial charge in [-0.15, -0.1) is 0 Å². The van der Waals surface area contributed by atoms with Crippen molar-refractivity contribution in [1.29, 1.82) is 0 Å². The van der Waals surface area contributed by atoms with E-state index < -0.39 is 12.8 Å². The second-order valence-corrected chi connectivity index (χ2v) is 2.52. The van der Waals surface area contributed by atoms with Gasteiger partial charge in [0, 0.05) is 6.20 Å². The molecule has 0 bridgehead atoms. The van der Waals surface area contributed by atoms with Crippen molar-refractivity contribution in [3.8, 4) is 0 Å². The van der Waals surface area contributed by atoms with E-state index in [9.17, 15) is 18.0 Å². The van der Waals surface area contributed by atoms with Crippen LogP contribution in [0.3, 0.4) is 0 Å². The second kappa shape index (κ2) is 4.23. The molecule has 0 spiro atoms. The van der Waals surface area contributed by atoms with Crippen LogP contribution >= 0.6 is 0 Å². The van der Waals surface area contributed by atoms with Crippen molar-refractivity contribution in [2.24, 2.45) is 0 Å². The highest BCUT2D eigenvalue weighted by Gasteiger charge is 2.27. The molecule has 0 amide bonds. The highest BCUT2D eigenvalue weighted by atomic mass is 19.4. The third kappa shape index (κ3) is 3.56. The van der Waals surface area contributed by atoms with Gasteiger partial charge in [0.15, 0.2) is 6.29 Å². The predicted octanol–water partition coefficient (Wildman–Crippen LogP) is 1.23. The van der Waals surface area contributed by atoms with Crippen LogP contribution in [0.2, 0.25) is 0 Å². The number of carbonyl (C=O) groups is 1. The number of aldehydes is 1. The van der Waals surface area contributed by atoms with Gasteiger partial charge in [0.1, 0.15) is 19.0 Å². The molecule has 0 atom stereocenters. The lowest BCUT2D eigenvalue weighted by atomic mass is 10.5. The van der Waals surface area contributed by atoms with Crippen LogP contribution in [0.25, 0.3) is 0 Å². The number of nitrogens with zero attached hydrogens (tertiary/aromatic N) is 2. The van der Waals surface area contributed by atoms with E-state index in [1.165, 1.54) is 17.1 Å². The summed E-state index contributed by atoms with van der Waals surface area (Å²) in [5.41, 5.74) is 0.153. The van der Waals surface area contributed by atoms with Gasteiger partial charge >= 0.3 is 6.18 Å². The molecule has 0 aliphatic carbocycles. The fraction of sp³-hybridized carbons (Fsp3) is 0.429. The molecule has 14 heavy (non-hydrogen) atoms. The molecule has 0 saturated heterocycles. The molecule has 0 aliphatic heterocycles. The maximum absolute atomic E-state index is 11.6. The van der Waals surface area contributed by atoms with Crippen molar-refractivity contribution >= 4 is 6.29 Å². The van der Waals surface area contributed by atoms with E-state index in [0.717, 1.165) is 0 Å². The van der Waals surface area contributed by atoms with Crippen LogP contribution in [0.15, 0.2) is 12.5 Å². The predicted molar refractivity (Wildman–Crippen MR) is 39.6 cm³/mol. The molecular weight excluding hydrogens is 201 g/mol. The molecule has 7 heteroatoms. The van der Waals surface area contributed by atoms with Gasteiger partial charge in [-0.3, -0.25) is 4.79 Å². The maximum Gasteiger partial charge on any atom is 0.411 e.